The number of hydrazone groups is 1. The number of nitrogens with zero attached hydrogens (tertiary/aromatic N) is 1. The summed E-state index contributed by atoms with van der Waals surface area (Å²) in [7, 11) is 2.87. The maximum absolute atomic E-state index is 11.9. The maximum atomic E-state index is 11.9. The minimum absolute atomic E-state index is 0.0597. The van der Waals surface area contributed by atoms with Gasteiger partial charge >= 0.3 is 0 Å². The van der Waals surface area contributed by atoms with Crippen LogP contribution in [-0.2, 0) is 10.2 Å². The number of methoxy groups -OCH3 is 2. The molecule has 150 valence electrons. The molecule has 2 N–H and O–H groups in total. The molecule has 0 spiro atoms. The van der Waals surface area contributed by atoms with E-state index in [9.17, 15) is 9.90 Å². The summed E-state index contributed by atoms with van der Waals surface area (Å²) in [5.74, 6) is 0.606. The topological polar surface area (TPSA) is 89.4 Å². The molecule has 2 rings (SSSR count). The second-order valence-electron chi connectivity index (χ2n) is 7.13. The average Bonchev–Trinajstić information content (AvgIpc) is 2.67. The fraction of sp³-hybridized carbons (Fsp3) is 0.333. The first-order valence-electron chi connectivity index (χ1n) is 8.75. The maximum Gasteiger partial charge on any atom is 0.277 e. The summed E-state index contributed by atoms with van der Waals surface area (Å²) in [4.78, 5) is 11.9. The molecule has 0 heterocycles. The van der Waals surface area contributed by atoms with Crippen LogP contribution in [0.3, 0.4) is 0 Å². The zero-order valence-corrected chi connectivity index (χ0v) is 16.8. The van der Waals surface area contributed by atoms with Crippen LogP contribution in [0.25, 0.3) is 0 Å². The number of hydrogen-bond acceptors (Lipinski definition) is 6. The fourth-order valence-electron chi connectivity index (χ4n) is 2.40. The Morgan fingerprint density at radius 3 is 2.18 bits per heavy atom. The smallest absolute Gasteiger partial charge is 0.277 e. The van der Waals surface area contributed by atoms with Crippen LogP contribution < -0.4 is 19.6 Å². The summed E-state index contributed by atoms with van der Waals surface area (Å²) < 4.78 is 15.6. The van der Waals surface area contributed by atoms with Crippen LogP contribution in [0.1, 0.15) is 31.9 Å². The molecule has 7 heteroatoms. The van der Waals surface area contributed by atoms with Gasteiger partial charge in [-0.1, -0.05) is 32.9 Å². The Morgan fingerprint density at radius 1 is 1.11 bits per heavy atom. The van der Waals surface area contributed by atoms with Crippen molar-refractivity contribution in [3.8, 4) is 23.0 Å². The van der Waals surface area contributed by atoms with Gasteiger partial charge in [0, 0.05) is 5.56 Å². The quantitative estimate of drug-likeness (QED) is 0.563. The van der Waals surface area contributed by atoms with Gasteiger partial charge in [-0.15, -0.1) is 0 Å². The molecule has 1 amide bonds. The minimum Gasteiger partial charge on any atom is -0.502 e. The van der Waals surface area contributed by atoms with Crippen LogP contribution in [0.15, 0.2) is 41.5 Å². The molecule has 0 aliphatic heterocycles. The number of carbonyl (C=O) groups excluding carboxylic acids is 1. The Kier molecular flexibility index (Phi) is 6.87. The molecule has 7 nitrogen and oxygen atoms in total. The summed E-state index contributed by atoms with van der Waals surface area (Å²) in [6.07, 6.45) is 1.42. The number of ether oxygens (including phenoxy) is 3. The minimum atomic E-state index is -0.395. The van der Waals surface area contributed by atoms with E-state index < -0.39 is 5.91 Å². The molecular formula is C21H26N2O5. The van der Waals surface area contributed by atoms with Crippen molar-refractivity contribution in [3.05, 3.63) is 47.5 Å². The monoisotopic (exact) mass is 386 g/mol. The largest absolute Gasteiger partial charge is 0.502 e. The summed E-state index contributed by atoms with van der Waals surface area (Å²) in [6, 6.07) is 10.8. The number of rotatable bonds is 7. The average molecular weight is 386 g/mol. The Balaban J connectivity index is 1.90. The van der Waals surface area contributed by atoms with Crippen LogP contribution in [-0.4, -0.2) is 38.1 Å². The molecule has 0 saturated carbocycles. The third kappa shape index (κ3) is 5.64. The van der Waals surface area contributed by atoms with Crippen molar-refractivity contribution >= 4 is 12.1 Å². The van der Waals surface area contributed by atoms with E-state index in [2.05, 4.69) is 31.3 Å². The Morgan fingerprint density at radius 2 is 1.68 bits per heavy atom. The SMILES string of the molecule is COc1cc(/C=N\NC(=O)COc2ccc(C(C)(C)C)cc2)cc(OC)c1O. The van der Waals surface area contributed by atoms with E-state index in [1.807, 2.05) is 24.3 Å². The first-order valence-corrected chi connectivity index (χ1v) is 8.75. The van der Waals surface area contributed by atoms with Gasteiger partial charge in [0.25, 0.3) is 5.91 Å². The van der Waals surface area contributed by atoms with Crippen LogP contribution in [0.5, 0.6) is 23.0 Å². The van der Waals surface area contributed by atoms with Crippen LogP contribution in [0, 0.1) is 0 Å². The van der Waals surface area contributed by atoms with Crippen molar-refractivity contribution < 1.29 is 24.1 Å². The normalized spacial score (nSPS) is 11.3. The number of benzene rings is 2. The van der Waals surface area contributed by atoms with Gasteiger partial charge in [-0.2, -0.15) is 5.10 Å². The second kappa shape index (κ2) is 9.12. The lowest BCUT2D eigenvalue weighted by molar-refractivity contribution is -0.123. The van der Waals surface area contributed by atoms with Gasteiger partial charge in [0.2, 0.25) is 5.75 Å². The van der Waals surface area contributed by atoms with Crippen molar-refractivity contribution in [2.75, 3.05) is 20.8 Å². The highest BCUT2D eigenvalue weighted by Crippen LogP contribution is 2.36. The van der Waals surface area contributed by atoms with Gasteiger partial charge in [-0.05, 0) is 35.2 Å². The van der Waals surface area contributed by atoms with Gasteiger partial charge < -0.3 is 19.3 Å². The molecule has 0 unspecified atom stereocenters. The first-order chi connectivity index (χ1) is 13.2. The molecule has 0 saturated heterocycles. The molecule has 0 radical (unpaired) electrons. The molecule has 28 heavy (non-hydrogen) atoms. The van der Waals surface area contributed by atoms with Crippen LogP contribution >= 0.6 is 0 Å². The van der Waals surface area contributed by atoms with Crippen molar-refractivity contribution in [1.29, 1.82) is 0 Å². The zero-order chi connectivity index (χ0) is 20.7. The first kappa shape index (κ1) is 21.1. The third-order valence-corrected chi connectivity index (χ3v) is 4.00. The second-order valence-corrected chi connectivity index (χ2v) is 7.13. The number of amides is 1. The summed E-state index contributed by atoms with van der Waals surface area (Å²) in [5, 5.41) is 13.8. The molecule has 2 aromatic carbocycles. The van der Waals surface area contributed by atoms with E-state index in [4.69, 9.17) is 14.2 Å². The van der Waals surface area contributed by atoms with E-state index in [0.29, 0.717) is 11.3 Å². The number of aromatic hydroxyl groups is 1. The highest BCUT2D eigenvalue weighted by atomic mass is 16.5. The summed E-state index contributed by atoms with van der Waals surface area (Å²) in [5.41, 5.74) is 4.22. The van der Waals surface area contributed by atoms with Gasteiger partial charge in [-0.25, -0.2) is 5.43 Å². The van der Waals surface area contributed by atoms with Crippen molar-refractivity contribution in [2.24, 2.45) is 5.10 Å². The molecule has 0 aliphatic rings. The lowest BCUT2D eigenvalue weighted by Gasteiger charge is -2.19. The van der Waals surface area contributed by atoms with Gasteiger partial charge in [0.15, 0.2) is 18.1 Å². The summed E-state index contributed by atoms with van der Waals surface area (Å²) >= 11 is 0. The van der Waals surface area contributed by atoms with Gasteiger partial charge in [0.05, 0.1) is 20.4 Å². The third-order valence-electron chi connectivity index (χ3n) is 4.00. The lowest BCUT2D eigenvalue weighted by atomic mass is 9.87. The van der Waals surface area contributed by atoms with E-state index >= 15 is 0 Å². The van der Waals surface area contributed by atoms with E-state index in [1.54, 1.807) is 12.1 Å². The van der Waals surface area contributed by atoms with E-state index in [1.165, 1.54) is 26.0 Å². The van der Waals surface area contributed by atoms with Crippen LogP contribution in [0.2, 0.25) is 0 Å². The molecule has 2 aromatic rings. The predicted octanol–water partition coefficient (Wildman–Crippen LogP) is 3.24. The number of phenolic OH excluding ortho intramolecular Hbond substituents is 1. The molecular weight excluding hydrogens is 360 g/mol. The van der Waals surface area contributed by atoms with E-state index in [-0.39, 0.29) is 29.3 Å². The molecule has 0 bridgehead atoms. The van der Waals surface area contributed by atoms with Gasteiger partial charge in [-0.3, -0.25) is 4.79 Å². The Bertz CT molecular complexity index is 814. The number of nitrogens with one attached hydrogen (secondary N) is 1. The van der Waals surface area contributed by atoms with Crippen molar-refractivity contribution in [1.82, 2.24) is 5.43 Å². The fourth-order valence-corrected chi connectivity index (χ4v) is 2.40. The summed E-state index contributed by atoms with van der Waals surface area (Å²) in [6.45, 7) is 6.24. The molecule has 0 aromatic heterocycles. The highest BCUT2D eigenvalue weighted by molar-refractivity contribution is 5.84. The number of phenols is 1. The zero-order valence-electron chi connectivity index (χ0n) is 16.8. The Labute approximate surface area is 164 Å². The lowest BCUT2D eigenvalue weighted by Crippen LogP contribution is -2.24. The predicted molar refractivity (Wildman–Crippen MR) is 108 cm³/mol. The molecule has 0 atom stereocenters. The highest BCUT2D eigenvalue weighted by Gasteiger charge is 2.13. The standard InChI is InChI=1S/C21H26N2O5/c1-21(2,3)15-6-8-16(9-7-15)28-13-19(24)23-22-12-14-10-17(26-4)20(25)18(11-14)27-5/h6-12,25H,13H2,1-5H3,(H,23,24)/b22-12-. The van der Waals surface area contributed by atoms with Crippen LogP contribution in [0.4, 0.5) is 0 Å². The molecule has 0 fully saturated rings. The van der Waals surface area contributed by atoms with Crippen molar-refractivity contribution in [3.63, 3.8) is 0 Å². The van der Waals surface area contributed by atoms with E-state index in [0.717, 1.165) is 0 Å². The number of carbonyl (C=O) groups is 1. The molecule has 0 aliphatic carbocycles. The Hall–Kier alpha value is -3.22. The van der Waals surface area contributed by atoms with Crippen molar-refractivity contribution in [2.45, 2.75) is 26.2 Å². The number of hydrogen-bond donors (Lipinski definition) is 2. The van der Waals surface area contributed by atoms with Gasteiger partial charge in [0.1, 0.15) is 5.75 Å².